The Balaban J connectivity index is 0. The van der Waals surface area contributed by atoms with E-state index in [1.807, 2.05) is 0 Å². The standard InChI is InChI=1S/C4H5NO4.K/c1-2(9-8)3(5)4(6)7;/h5,8H,1H2,(H,6,7);/q;+1/p-1. The van der Waals surface area contributed by atoms with Crippen LogP contribution in [0.25, 0.3) is 0 Å². The van der Waals surface area contributed by atoms with E-state index in [-0.39, 0.29) is 51.4 Å². The first-order chi connectivity index (χ1) is 4.09. The number of aliphatic carboxylic acids is 1. The summed E-state index contributed by atoms with van der Waals surface area (Å²) in [6, 6.07) is 0. The fourth-order valence-electron chi connectivity index (χ4n) is 0.161. The van der Waals surface area contributed by atoms with Gasteiger partial charge in [0, 0.05) is 0 Å². The molecule has 0 aliphatic carbocycles. The van der Waals surface area contributed by atoms with E-state index < -0.39 is 17.4 Å². The van der Waals surface area contributed by atoms with Crippen molar-refractivity contribution in [3.05, 3.63) is 12.3 Å². The Hall–Kier alpha value is 0.276. The Labute approximate surface area is 99.5 Å². The third-order valence-corrected chi connectivity index (χ3v) is 0.593. The molecule has 0 fully saturated rings. The van der Waals surface area contributed by atoms with Crippen molar-refractivity contribution < 1.29 is 71.4 Å². The molecule has 0 heterocycles. The van der Waals surface area contributed by atoms with Crippen LogP contribution in [0.5, 0.6) is 0 Å². The predicted molar refractivity (Wildman–Crippen MR) is 25.6 cm³/mol. The molecule has 0 rings (SSSR count). The van der Waals surface area contributed by atoms with E-state index in [9.17, 15) is 10.1 Å². The summed E-state index contributed by atoms with van der Waals surface area (Å²) in [6.07, 6.45) is 0. The molecule has 0 aromatic rings. The minimum absolute atomic E-state index is 0. The summed E-state index contributed by atoms with van der Waals surface area (Å²) in [4.78, 5) is 12.9. The van der Waals surface area contributed by atoms with Crippen LogP contribution in [-0.2, 0) is 9.68 Å². The Morgan fingerprint density at radius 1 is 1.70 bits per heavy atom. The molecular weight excluding hydrogens is 165 g/mol. The van der Waals surface area contributed by atoms with Crippen LogP contribution in [0.1, 0.15) is 0 Å². The van der Waals surface area contributed by atoms with E-state index >= 15 is 0 Å². The molecule has 10 heavy (non-hydrogen) atoms. The topological polar surface area (TPSA) is 93.4 Å². The van der Waals surface area contributed by atoms with Crippen molar-refractivity contribution in [2.75, 3.05) is 0 Å². The van der Waals surface area contributed by atoms with Crippen LogP contribution in [-0.4, -0.2) is 16.8 Å². The van der Waals surface area contributed by atoms with Crippen LogP contribution in [0.3, 0.4) is 0 Å². The van der Waals surface area contributed by atoms with Gasteiger partial charge in [-0.25, -0.2) is 4.79 Å². The second-order valence-corrected chi connectivity index (χ2v) is 1.19. The first-order valence-corrected chi connectivity index (χ1v) is 1.90. The van der Waals surface area contributed by atoms with Crippen LogP contribution >= 0.6 is 0 Å². The quantitative estimate of drug-likeness (QED) is 0.148. The van der Waals surface area contributed by atoms with Gasteiger partial charge in [-0.3, -0.25) is 5.41 Å². The van der Waals surface area contributed by atoms with Crippen LogP contribution in [0, 0.1) is 5.41 Å². The summed E-state index contributed by atoms with van der Waals surface area (Å²) in [6.45, 7) is 2.85. The Morgan fingerprint density at radius 3 is 2.20 bits per heavy atom. The van der Waals surface area contributed by atoms with Gasteiger partial charge in [0.25, 0.3) is 0 Å². The molecule has 50 valence electrons. The monoisotopic (exact) mass is 169 g/mol. The molecule has 0 aliphatic rings. The zero-order valence-corrected chi connectivity index (χ0v) is 8.50. The third kappa shape index (κ3) is 4.15. The number of rotatable bonds is 3. The molecule has 0 aliphatic heterocycles. The first-order valence-electron chi connectivity index (χ1n) is 1.90. The average Bonchev–Trinajstić information content (AvgIpc) is 1.84. The fourth-order valence-corrected chi connectivity index (χ4v) is 0.161. The second kappa shape index (κ2) is 6.02. The number of nitrogens with one attached hydrogen (secondary N) is 1. The molecule has 5 nitrogen and oxygen atoms in total. The van der Waals surface area contributed by atoms with Crippen molar-refractivity contribution in [2.45, 2.75) is 0 Å². The van der Waals surface area contributed by atoms with E-state index in [1.54, 1.807) is 0 Å². The van der Waals surface area contributed by atoms with Gasteiger partial charge < -0.3 is 15.3 Å². The van der Waals surface area contributed by atoms with Gasteiger partial charge in [0.15, 0.2) is 5.71 Å². The van der Waals surface area contributed by atoms with Crippen molar-refractivity contribution in [1.29, 1.82) is 5.41 Å². The van der Waals surface area contributed by atoms with Crippen molar-refractivity contribution in [3.8, 4) is 0 Å². The first kappa shape index (κ1) is 12.9. The normalized spacial score (nSPS) is 7.30. The van der Waals surface area contributed by atoms with Crippen LogP contribution in [0.15, 0.2) is 12.3 Å². The van der Waals surface area contributed by atoms with Gasteiger partial charge in [0.1, 0.15) is 5.76 Å². The molecule has 0 aromatic carbocycles. The SMILES string of the molecule is C=C(O[O-])C(=N)C(=O)O.[K+]. The van der Waals surface area contributed by atoms with E-state index in [4.69, 9.17) is 10.5 Å². The minimum atomic E-state index is -1.53. The van der Waals surface area contributed by atoms with Crippen molar-refractivity contribution in [2.24, 2.45) is 0 Å². The van der Waals surface area contributed by atoms with Gasteiger partial charge in [-0.15, -0.1) is 0 Å². The van der Waals surface area contributed by atoms with Crippen LogP contribution in [0.4, 0.5) is 0 Å². The largest absolute Gasteiger partial charge is 1.00 e. The maximum atomic E-state index is 9.80. The summed E-state index contributed by atoms with van der Waals surface area (Å²) in [5, 5.41) is 23.9. The maximum Gasteiger partial charge on any atom is 1.00 e. The van der Waals surface area contributed by atoms with E-state index in [0.29, 0.717) is 0 Å². The molecule has 0 bridgehead atoms. The maximum absolute atomic E-state index is 9.80. The Bertz CT molecular complexity index is 167. The molecule has 0 saturated heterocycles. The summed E-state index contributed by atoms with van der Waals surface area (Å²) in [5.41, 5.74) is -0.926. The summed E-state index contributed by atoms with van der Waals surface area (Å²) in [7, 11) is 0. The molecule has 0 saturated carbocycles. The molecule has 2 N–H and O–H groups in total. The second-order valence-electron chi connectivity index (χ2n) is 1.19. The van der Waals surface area contributed by atoms with Gasteiger partial charge in [-0.2, -0.15) is 0 Å². The molecule has 0 spiro atoms. The Morgan fingerprint density at radius 2 is 2.10 bits per heavy atom. The third-order valence-electron chi connectivity index (χ3n) is 0.593. The predicted octanol–water partition coefficient (Wildman–Crippen LogP) is -4.10. The van der Waals surface area contributed by atoms with Crippen LogP contribution < -0.4 is 56.6 Å². The smallest absolute Gasteiger partial charge is 0.664 e. The van der Waals surface area contributed by atoms with E-state index in [2.05, 4.69) is 11.5 Å². The summed E-state index contributed by atoms with van der Waals surface area (Å²) < 4.78 is 0. The zero-order valence-electron chi connectivity index (χ0n) is 5.38. The average molecular weight is 169 g/mol. The molecule has 0 amide bonds. The zero-order chi connectivity index (χ0) is 7.44. The molecular formula is C4H4KNO4. The van der Waals surface area contributed by atoms with Crippen molar-refractivity contribution in [1.82, 2.24) is 0 Å². The van der Waals surface area contributed by atoms with Gasteiger partial charge >= 0.3 is 57.4 Å². The van der Waals surface area contributed by atoms with E-state index in [0.717, 1.165) is 0 Å². The molecule has 0 unspecified atom stereocenters. The van der Waals surface area contributed by atoms with Crippen LogP contribution in [0.2, 0.25) is 0 Å². The van der Waals surface area contributed by atoms with Gasteiger partial charge in [-0.05, 0) is 0 Å². The minimum Gasteiger partial charge on any atom is -0.664 e. The molecule has 0 aromatic heterocycles. The number of hydrogen-bond donors (Lipinski definition) is 2. The van der Waals surface area contributed by atoms with Gasteiger partial charge in [-0.1, -0.05) is 6.58 Å². The van der Waals surface area contributed by atoms with Crippen molar-refractivity contribution >= 4 is 11.7 Å². The Kier molecular flexibility index (Phi) is 7.77. The number of hydrogen-bond acceptors (Lipinski definition) is 4. The fraction of sp³-hybridized carbons (Fsp3) is 0. The van der Waals surface area contributed by atoms with Crippen molar-refractivity contribution in [3.63, 3.8) is 0 Å². The molecule has 0 atom stereocenters. The summed E-state index contributed by atoms with van der Waals surface area (Å²) >= 11 is 0. The number of carbonyl (C=O) groups is 1. The molecule has 0 radical (unpaired) electrons. The van der Waals surface area contributed by atoms with E-state index in [1.165, 1.54) is 0 Å². The number of carboxylic acids is 1. The summed E-state index contributed by atoms with van der Waals surface area (Å²) in [5.74, 6) is -2.22. The number of carboxylic acid groups (broad SMARTS) is 1. The van der Waals surface area contributed by atoms with Gasteiger partial charge in [0.05, 0.1) is 0 Å². The molecule has 6 heteroatoms. The van der Waals surface area contributed by atoms with Gasteiger partial charge in [0.2, 0.25) is 0 Å².